The van der Waals surface area contributed by atoms with Gasteiger partial charge in [0.05, 0.1) is 0 Å². The first-order valence-electron chi connectivity index (χ1n) is 6.69. The van der Waals surface area contributed by atoms with Crippen LogP contribution >= 0.6 is 11.8 Å². The van der Waals surface area contributed by atoms with Crippen molar-refractivity contribution >= 4 is 33.7 Å². The van der Waals surface area contributed by atoms with Crippen LogP contribution in [0, 0.1) is 12.3 Å². The highest BCUT2D eigenvalue weighted by Gasteiger charge is 2.10. The van der Waals surface area contributed by atoms with Crippen molar-refractivity contribution in [2.24, 2.45) is 0 Å². The molecule has 0 saturated carbocycles. The second kappa shape index (κ2) is 6.13. The summed E-state index contributed by atoms with van der Waals surface area (Å²) in [5.41, 5.74) is 3.04. The zero-order valence-corrected chi connectivity index (χ0v) is 12.8. The molecular weight excluding hydrogens is 270 g/mol. The fourth-order valence-corrected chi connectivity index (χ4v) is 2.75. The van der Waals surface area contributed by atoms with Gasteiger partial charge in [-0.05, 0) is 37.1 Å². The summed E-state index contributed by atoms with van der Waals surface area (Å²) in [4.78, 5) is 11.5. The van der Waals surface area contributed by atoms with E-state index in [0.29, 0.717) is 5.75 Å². The van der Waals surface area contributed by atoms with Crippen molar-refractivity contribution in [2.45, 2.75) is 27.3 Å². The van der Waals surface area contributed by atoms with E-state index in [1.54, 1.807) is 0 Å². The Morgan fingerprint density at radius 3 is 2.75 bits per heavy atom. The van der Waals surface area contributed by atoms with Crippen LogP contribution in [0.25, 0.3) is 10.9 Å². The van der Waals surface area contributed by atoms with E-state index in [1.165, 1.54) is 17.5 Å². The quantitative estimate of drug-likeness (QED) is 0.667. The lowest BCUT2D eigenvalue weighted by Gasteiger charge is -2.08. The predicted molar refractivity (Wildman–Crippen MR) is 85.8 cm³/mol. The summed E-state index contributed by atoms with van der Waals surface area (Å²) in [5.74, 6) is 0.857. The fraction of sp³-hybridized carbons (Fsp3) is 0.333. The van der Waals surface area contributed by atoms with Crippen LogP contribution in [0.4, 0.5) is 4.79 Å². The molecule has 0 aliphatic carbocycles. The average Bonchev–Trinajstić information content (AvgIpc) is 2.72. The van der Waals surface area contributed by atoms with Crippen LogP contribution in [0.2, 0.25) is 0 Å². The zero-order valence-electron chi connectivity index (χ0n) is 12.0. The van der Waals surface area contributed by atoms with Crippen molar-refractivity contribution in [2.75, 3.05) is 5.75 Å². The van der Waals surface area contributed by atoms with Crippen molar-refractivity contribution in [3.63, 3.8) is 0 Å². The SMILES string of the molecule is CCSC(=O)NC(=N)c1ccc2cc(C)n(CC)c2c1. The van der Waals surface area contributed by atoms with Crippen LogP contribution < -0.4 is 5.32 Å². The average molecular weight is 289 g/mol. The molecule has 1 aromatic heterocycles. The second-order valence-electron chi connectivity index (χ2n) is 4.52. The monoisotopic (exact) mass is 289 g/mol. The number of aromatic nitrogens is 1. The first-order valence-corrected chi connectivity index (χ1v) is 7.68. The van der Waals surface area contributed by atoms with Crippen LogP contribution in [0.3, 0.4) is 0 Å². The minimum absolute atomic E-state index is 0.152. The maximum Gasteiger partial charge on any atom is 0.284 e. The first-order chi connectivity index (χ1) is 9.56. The number of nitrogens with one attached hydrogen (secondary N) is 2. The van der Waals surface area contributed by atoms with E-state index in [2.05, 4.69) is 29.8 Å². The Labute approximate surface area is 123 Å². The maximum absolute atomic E-state index is 11.5. The molecule has 0 radical (unpaired) electrons. The Kier molecular flexibility index (Phi) is 4.49. The van der Waals surface area contributed by atoms with Crippen LogP contribution in [-0.4, -0.2) is 21.4 Å². The third kappa shape index (κ3) is 2.88. The van der Waals surface area contributed by atoms with Gasteiger partial charge in [-0.2, -0.15) is 0 Å². The number of hydrogen-bond acceptors (Lipinski definition) is 3. The molecule has 0 saturated heterocycles. The lowest BCUT2D eigenvalue weighted by molar-refractivity contribution is 0.264. The van der Waals surface area contributed by atoms with E-state index in [4.69, 9.17) is 5.41 Å². The van der Waals surface area contributed by atoms with Gasteiger partial charge >= 0.3 is 0 Å². The van der Waals surface area contributed by atoms with Crippen LogP contribution in [-0.2, 0) is 6.54 Å². The van der Waals surface area contributed by atoms with Gasteiger partial charge in [0.1, 0.15) is 5.84 Å². The Morgan fingerprint density at radius 2 is 2.10 bits per heavy atom. The molecule has 0 fully saturated rings. The van der Waals surface area contributed by atoms with Crippen molar-refractivity contribution in [1.29, 1.82) is 5.41 Å². The Balaban J connectivity index is 2.31. The number of aryl methyl sites for hydroxylation is 2. The third-order valence-corrected chi connectivity index (χ3v) is 3.87. The summed E-state index contributed by atoms with van der Waals surface area (Å²) < 4.78 is 2.20. The summed E-state index contributed by atoms with van der Waals surface area (Å²) >= 11 is 1.17. The number of hydrogen-bond donors (Lipinski definition) is 2. The molecule has 20 heavy (non-hydrogen) atoms. The molecule has 0 unspecified atom stereocenters. The molecule has 0 bridgehead atoms. The topological polar surface area (TPSA) is 57.9 Å². The van der Waals surface area contributed by atoms with Crippen molar-refractivity contribution in [3.8, 4) is 0 Å². The molecule has 2 N–H and O–H groups in total. The van der Waals surface area contributed by atoms with Gasteiger partial charge in [0, 0.05) is 23.3 Å². The normalized spacial score (nSPS) is 10.8. The number of nitrogens with zero attached hydrogens (tertiary/aromatic N) is 1. The molecule has 2 rings (SSSR count). The van der Waals surface area contributed by atoms with Gasteiger partial charge < -0.3 is 9.88 Å². The van der Waals surface area contributed by atoms with E-state index < -0.39 is 0 Å². The Morgan fingerprint density at radius 1 is 1.35 bits per heavy atom. The number of rotatable bonds is 3. The van der Waals surface area contributed by atoms with E-state index >= 15 is 0 Å². The largest absolute Gasteiger partial charge is 0.345 e. The summed E-state index contributed by atoms with van der Waals surface area (Å²) in [5, 5.41) is 11.6. The highest BCUT2D eigenvalue weighted by Crippen LogP contribution is 2.21. The lowest BCUT2D eigenvalue weighted by atomic mass is 10.1. The Hall–Kier alpha value is -1.75. The number of amides is 1. The zero-order chi connectivity index (χ0) is 14.7. The highest BCUT2D eigenvalue weighted by atomic mass is 32.2. The summed E-state index contributed by atoms with van der Waals surface area (Å²) in [6.07, 6.45) is 0. The third-order valence-electron chi connectivity index (χ3n) is 3.22. The molecule has 1 heterocycles. The molecule has 4 nitrogen and oxygen atoms in total. The Bertz CT molecular complexity index is 660. The summed E-state index contributed by atoms with van der Waals surface area (Å²) in [6.45, 7) is 6.99. The van der Waals surface area contributed by atoms with Crippen molar-refractivity contribution in [3.05, 3.63) is 35.5 Å². The summed E-state index contributed by atoms with van der Waals surface area (Å²) in [6, 6.07) is 7.97. The molecule has 0 aliphatic heterocycles. The molecule has 0 spiro atoms. The van der Waals surface area contributed by atoms with Crippen molar-refractivity contribution < 1.29 is 4.79 Å². The smallest absolute Gasteiger partial charge is 0.284 e. The molecule has 5 heteroatoms. The van der Waals surface area contributed by atoms with E-state index in [1.807, 2.05) is 25.1 Å². The van der Waals surface area contributed by atoms with E-state index in [0.717, 1.165) is 23.0 Å². The van der Waals surface area contributed by atoms with Crippen LogP contribution in [0.5, 0.6) is 0 Å². The molecular formula is C15H19N3OS. The minimum Gasteiger partial charge on any atom is -0.345 e. The second-order valence-corrected chi connectivity index (χ2v) is 5.76. The van der Waals surface area contributed by atoms with Crippen LogP contribution in [0.15, 0.2) is 24.3 Å². The molecule has 0 aliphatic rings. The van der Waals surface area contributed by atoms with Gasteiger partial charge in [0.2, 0.25) is 0 Å². The number of carbonyl (C=O) groups excluding carboxylic acids is 1. The number of thioether (sulfide) groups is 1. The standard InChI is InChI=1S/C15H19N3OS/c1-4-18-10(3)8-11-6-7-12(9-13(11)18)14(16)17-15(19)20-5-2/h6-9H,4-5H2,1-3H3,(H2,16,17,19). The molecule has 106 valence electrons. The van der Waals surface area contributed by atoms with Gasteiger partial charge in [0.15, 0.2) is 0 Å². The predicted octanol–water partition coefficient (Wildman–Crippen LogP) is 3.76. The minimum atomic E-state index is -0.181. The van der Waals surface area contributed by atoms with Gasteiger partial charge in [-0.1, -0.05) is 30.8 Å². The molecule has 1 aromatic carbocycles. The van der Waals surface area contributed by atoms with Gasteiger partial charge in [-0.25, -0.2) is 0 Å². The molecule has 2 aromatic rings. The maximum atomic E-state index is 11.5. The van der Waals surface area contributed by atoms with Gasteiger partial charge in [-0.3, -0.25) is 10.2 Å². The van der Waals surface area contributed by atoms with E-state index in [9.17, 15) is 4.79 Å². The highest BCUT2D eigenvalue weighted by molar-refractivity contribution is 8.13. The summed E-state index contributed by atoms with van der Waals surface area (Å²) in [7, 11) is 0. The number of amidine groups is 1. The first kappa shape index (κ1) is 14.7. The number of fused-ring (bicyclic) bond motifs is 1. The van der Waals surface area contributed by atoms with Crippen molar-refractivity contribution in [1.82, 2.24) is 9.88 Å². The number of carbonyl (C=O) groups is 1. The molecule has 0 atom stereocenters. The lowest BCUT2D eigenvalue weighted by Crippen LogP contribution is -2.27. The van der Waals surface area contributed by atoms with Gasteiger partial charge in [-0.15, -0.1) is 0 Å². The van der Waals surface area contributed by atoms with E-state index in [-0.39, 0.29) is 11.1 Å². The number of benzene rings is 1. The fourth-order valence-electron chi connectivity index (χ4n) is 2.31. The van der Waals surface area contributed by atoms with Gasteiger partial charge in [0.25, 0.3) is 5.24 Å². The molecule has 1 amide bonds. The van der Waals surface area contributed by atoms with Crippen LogP contribution in [0.1, 0.15) is 25.1 Å².